The van der Waals surface area contributed by atoms with Gasteiger partial charge in [-0.1, -0.05) is 46.0 Å². The van der Waals surface area contributed by atoms with E-state index in [2.05, 4.69) is 13.8 Å². The second-order valence-electron chi connectivity index (χ2n) is 8.68. The summed E-state index contributed by atoms with van der Waals surface area (Å²) in [5.41, 5.74) is -0.836. The molecule has 0 amide bonds. The first-order valence-electron chi connectivity index (χ1n) is 9.24. The molecule has 0 bridgehead atoms. The molecule has 2 nitrogen and oxygen atoms in total. The molecule has 0 aliphatic heterocycles. The summed E-state index contributed by atoms with van der Waals surface area (Å²) in [7, 11) is 0. The minimum absolute atomic E-state index is 0.398. The Hall–Kier alpha value is -0.0800. The fourth-order valence-electron chi connectivity index (χ4n) is 4.75. The summed E-state index contributed by atoms with van der Waals surface area (Å²) < 4.78 is 0. The average molecular weight is 296 g/mol. The lowest BCUT2D eigenvalue weighted by Gasteiger charge is -2.39. The SMILES string of the molecule is CC(C)[C@@H]1CCC[C@](O)(CCC[C@H]2CCC[C@](C)(O)C2)C1. The van der Waals surface area contributed by atoms with Crippen LogP contribution in [0.3, 0.4) is 0 Å². The van der Waals surface area contributed by atoms with Crippen molar-refractivity contribution in [2.45, 2.75) is 103 Å². The molecule has 0 aromatic heterocycles. The standard InChI is InChI=1S/C19H36O2/c1-15(2)17-9-6-12-19(21,14-17)11-5-8-16-7-4-10-18(3,20)13-16/h15-17,20-21H,4-14H2,1-3H3/t16-,17-,18+,19-/m1/s1. The monoisotopic (exact) mass is 296 g/mol. The molecule has 124 valence electrons. The van der Waals surface area contributed by atoms with Crippen LogP contribution in [0.2, 0.25) is 0 Å². The van der Waals surface area contributed by atoms with Gasteiger partial charge >= 0.3 is 0 Å². The van der Waals surface area contributed by atoms with Crippen LogP contribution < -0.4 is 0 Å². The lowest BCUT2D eigenvalue weighted by molar-refractivity contribution is -0.0361. The van der Waals surface area contributed by atoms with E-state index >= 15 is 0 Å². The highest BCUT2D eigenvalue weighted by Crippen LogP contribution is 2.40. The van der Waals surface area contributed by atoms with Crippen LogP contribution in [0.5, 0.6) is 0 Å². The molecule has 0 heterocycles. The van der Waals surface area contributed by atoms with Gasteiger partial charge < -0.3 is 10.2 Å². The summed E-state index contributed by atoms with van der Waals surface area (Å²) in [5.74, 6) is 2.08. The number of hydrogen-bond donors (Lipinski definition) is 2. The molecule has 0 saturated heterocycles. The van der Waals surface area contributed by atoms with E-state index in [1.807, 2.05) is 6.92 Å². The molecule has 21 heavy (non-hydrogen) atoms. The molecule has 0 unspecified atom stereocenters. The number of rotatable bonds is 5. The molecule has 0 radical (unpaired) electrons. The Morgan fingerprint density at radius 1 is 1.05 bits per heavy atom. The van der Waals surface area contributed by atoms with Gasteiger partial charge in [-0.05, 0) is 63.2 Å². The van der Waals surface area contributed by atoms with Gasteiger partial charge in [0.15, 0.2) is 0 Å². The molecule has 2 heteroatoms. The third-order valence-electron chi connectivity index (χ3n) is 6.11. The summed E-state index contributed by atoms with van der Waals surface area (Å²) in [6.45, 7) is 6.57. The lowest BCUT2D eigenvalue weighted by Crippen LogP contribution is -2.37. The van der Waals surface area contributed by atoms with Crippen molar-refractivity contribution >= 4 is 0 Å². The Balaban J connectivity index is 1.74. The Labute approximate surface area is 131 Å². The first kappa shape index (κ1) is 17.3. The van der Waals surface area contributed by atoms with Gasteiger partial charge in [0, 0.05) is 0 Å². The fourth-order valence-corrected chi connectivity index (χ4v) is 4.75. The molecular weight excluding hydrogens is 260 g/mol. The van der Waals surface area contributed by atoms with Crippen molar-refractivity contribution in [3.8, 4) is 0 Å². The van der Waals surface area contributed by atoms with Crippen molar-refractivity contribution in [2.75, 3.05) is 0 Å². The zero-order valence-electron chi connectivity index (χ0n) is 14.4. The summed E-state index contributed by atoms with van der Waals surface area (Å²) in [6.07, 6.45) is 12.1. The van der Waals surface area contributed by atoms with Crippen LogP contribution in [0.4, 0.5) is 0 Å². The van der Waals surface area contributed by atoms with Crippen molar-refractivity contribution in [3.05, 3.63) is 0 Å². The van der Waals surface area contributed by atoms with Gasteiger partial charge in [-0.3, -0.25) is 0 Å². The largest absolute Gasteiger partial charge is 0.390 e. The van der Waals surface area contributed by atoms with Crippen molar-refractivity contribution in [1.29, 1.82) is 0 Å². The second-order valence-corrected chi connectivity index (χ2v) is 8.68. The summed E-state index contributed by atoms with van der Waals surface area (Å²) in [6, 6.07) is 0. The van der Waals surface area contributed by atoms with Gasteiger partial charge in [-0.2, -0.15) is 0 Å². The zero-order chi connectivity index (χ0) is 15.5. The van der Waals surface area contributed by atoms with E-state index in [9.17, 15) is 10.2 Å². The minimum Gasteiger partial charge on any atom is -0.390 e. The molecule has 0 aromatic rings. The molecule has 2 N–H and O–H groups in total. The normalized spacial score (nSPS) is 41.4. The van der Waals surface area contributed by atoms with Crippen LogP contribution in [0, 0.1) is 17.8 Å². The van der Waals surface area contributed by atoms with Crippen LogP contribution in [-0.4, -0.2) is 21.4 Å². The van der Waals surface area contributed by atoms with E-state index in [0.29, 0.717) is 17.8 Å². The van der Waals surface area contributed by atoms with E-state index in [-0.39, 0.29) is 0 Å². The maximum absolute atomic E-state index is 10.9. The Bertz CT molecular complexity index is 324. The quantitative estimate of drug-likeness (QED) is 0.773. The molecule has 2 aliphatic carbocycles. The third kappa shape index (κ3) is 5.25. The second kappa shape index (κ2) is 7.00. The lowest BCUT2D eigenvalue weighted by atomic mass is 9.71. The summed E-state index contributed by atoms with van der Waals surface area (Å²) in [5, 5.41) is 21.1. The maximum atomic E-state index is 10.9. The Morgan fingerprint density at radius 3 is 2.43 bits per heavy atom. The molecule has 2 rings (SSSR count). The van der Waals surface area contributed by atoms with Crippen molar-refractivity contribution in [1.82, 2.24) is 0 Å². The highest BCUT2D eigenvalue weighted by molar-refractivity contribution is 4.88. The first-order chi connectivity index (χ1) is 9.80. The van der Waals surface area contributed by atoms with Crippen LogP contribution >= 0.6 is 0 Å². The molecule has 4 atom stereocenters. The zero-order valence-corrected chi connectivity index (χ0v) is 14.4. The number of aliphatic hydroxyl groups is 2. The van der Waals surface area contributed by atoms with E-state index in [0.717, 1.165) is 44.9 Å². The molecule has 0 spiro atoms. The van der Waals surface area contributed by atoms with Crippen molar-refractivity contribution in [3.63, 3.8) is 0 Å². The fraction of sp³-hybridized carbons (Fsp3) is 1.00. The van der Waals surface area contributed by atoms with Crippen molar-refractivity contribution < 1.29 is 10.2 Å². The Morgan fingerprint density at radius 2 is 1.76 bits per heavy atom. The molecule has 2 aliphatic rings. The number of hydrogen-bond acceptors (Lipinski definition) is 2. The smallest absolute Gasteiger partial charge is 0.0650 e. The van der Waals surface area contributed by atoms with E-state index in [1.165, 1.54) is 25.7 Å². The van der Waals surface area contributed by atoms with Crippen LogP contribution in [0.25, 0.3) is 0 Å². The third-order valence-corrected chi connectivity index (χ3v) is 6.11. The first-order valence-corrected chi connectivity index (χ1v) is 9.24. The van der Waals surface area contributed by atoms with Crippen LogP contribution in [0.15, 0.2) is 0 Å². The van der Waals surface area contributed by atoms with Gasteiger partial charge in [0.25, 0.3) is 0 Å². The molecule has 2 fully saturated rings. The topological polar surface area (TPSA) is 40.5 Å². The predicted molar refractivity (Wildman–Crippen MR) is 88.2 cm³/mol. The molecule has 2 saturated carbocycles. The average Bonchev–Trinajstić information content (AvgIpc) is 2.37. The highest BCUT2D eigenvalue weighted by Gasteiger charge is 2.35. The van der Waals surface area contributed by atoms with Gasteiger partial charge in [0.05, 0.1) is 11.2 Å². The van der Waals surface area contributed by atoms with Gasteiger partial charge in [0.1, 0.15) is 0 Å². The highest BCUT2D eigenvalue weighted by atomic mass is 16.3. The van der Waals surface area contributed by atoms with Crippen LogP contribution in [-0.2, 0) is 0 Å². The van der Waals surface area contributed by atoms with Gasteiger partial charge in [-0.15, -0.1) is 0 Å². The molecular formula is C19H36O2. The van der Waals surface area contributed by atoms with Crippen molar-refractivity contribution in [2.24, 2.45) is 17.8 Å². The van der Waals surface area contributed by atoms with E-state index < -0.39 is 11.2 Å². The Kier molecular flexibility index (Phi) is 5.76. The van der Waals surface area contributed by atoms with E-state index in [4.69, 9.17) is 0 Å². The van der Waals surface area contributed by atoms with Gasteiger partial charge in [0.2, 0.25) is 0 Å². The summed E-state index contributed by atoms with van der Waals surface area (Å²) in [4.78, 5) is 0. The van der Waals surface area contributed by atoms with Gasteiger partial charge in [-0.25, -0.2) is 0 Å². The molecule has 0 aromatic carbocycles. The predicted octanol–water partition coefficient (Wildman–Crippen LogP) is 4.68. The summed E-state index contributed by atoms with van der Waals surface area (Å²) >= 11 is 0. The minimum atomic E-state index is -0.437. The van der Waals surface area contributed by atoms with Crippen LogP contribution in [0.1, 0.15) is 91.4 Å². The maximum Gasteiger partial charge on any atom is 0.0650 e. The van der Waals surface area contributed by atoms with E-state index in [1.54, 1.807) is 0 Å².